The van der Waals surface area contributed by atoms with Crippen LogP contribution in [-0.4, -0.2) is 10.8 Å². The summed E-state index contributed by atoms with van der Waals surface area (Å²) in [5.74, 6) is -0.182. The molecule has 2 aromatic carbocycles. The number of benzene rings is 2. The number of hydrogen-bond acceptors (Lipinski definition) is 2. The second kappa shape index (κ2) is 6.28. The van der Waals surface area contributed by atoms with E-state index >= 15 is 0 Å². The molecule has 0 spiro atoms. The molecule has 3 rings (SSSR count). The molecule has 0 saturated heterocycles. The van der Waals surface area contributed by atoms with E-state index in [9.17, 15) is 18.0 Å². The second-order valence-electron chi connectivity index (χ2n) is 5.21. The SMILES string of the molecule is O=C(c1ccccc1)c1ccc(-c2cccc(C(F)(F)F)c2)nc1. The fourth-order valence-corrected chi connectivity index (χ4v) is 2.31. The van der Waals surface area contributed by atoms with Gasteiger partial charge in [-0.25, -0.2) is 0 Å². The van der Waals surface area contributed by atoms with Crippen molar-refractivity contribution < 1.29 is 18.0 Å². The lowest BCUT2D eigenvalue weighted by molar-refractivity contribution is -0.137. The minimum absolute atomic E-state index is 0.182. The first kappa shape index (κ1) is 15.9. The van der Waals surface area contributed by atoms with Crippen molar-refractivity contribution in [3.63, 3.8) is 0 Å². The highest BCUT2D eigenvalue weighted by molar-refractivity contribution is 6.08. The minimum atomic E-state index is -4.40. The Kier molecular flexibility index (Phi) is 4.16. The van der Waals surface area contributed by atoms with Crippen LogP contribution in [0.15, 0.2) is 72.9 Å². The molecule has 24 heavy (non-hydrogen) atoms. The number of ketones is 1. The van der Waals surface area contributed by atoms with Gasteiger partial charge in [0.2, 0.25) is 0 Å². The zero-order valence-corrected chi connectivity index (χ0v) is 12.4. The van der Waals surface area contributed by atoms with Gasteiger partial charge in [0.1, 0.15) is 0 Å². The Morgan fingerprint density at radius 1 is 0.833 bits per heavy atom. The lowest BCUT2D eigenvalue weighted by atomic mass is 10.0. The standard InChI is InChI=1S/C19H12F3NO/c20-19(21,22)16-8-4-7-14(11-16)17-10-9-15(12-23-17)18(24)13-5-2-1-3-6-13/h1-12H. The van der Waals surface area contributed by atoms with E-state index in [1.54, 1.807) is 42.5 Å². The van der Waals surface area contributed by atoms with E-state index in [4.69, 9.17) is 0 Å². The van der Waals surface area contributed by atoms with E-state index in [2.05, 4.69) is 4.98 Å². The first-order chi connectivity index (χ1) is 11.4. The van der Waals surface area contributed by atoms with Gasteiger partial charge in [-0.05, 0) is 24.3 Å². The summed E-state index contributed by atoms with van der Waals surface area (Å²) < 4.78 is 38.3. The van der Waals surface area contributed by atoms with Crippen molar-refractivity contribution in [1.82, 2.24) is 4.98 Å². The number of carbonyl (C=O) groups is 1. The molecule has 0 amide bonds. The van der Waals surface area contributed by atoms with Crippen molar-refractivity contribution in [2.24, 2.45) is 0 Å². The monoisotopic (exact) mass is 327 g/mol. The summed E-state index contributed by atoms with van der Waals surface area (Å²) in [4.78, 5) is 16.4. The molecule has 0 bridgehead atoms. The second-order valence-corrected chi connectivity index (χ2v) is 5.21. The summed E-state index contributed by atoms with van der Waals surface area (Å²) in [6.07, 6.45) is -3.02. The molecule has 0 N–H and O–H groups in total. The number of aromatic nitrogens is 1. The maximum atomic E-state index is 12.8. The Balaban J connectivity index is 1.89. The van der Waals surface area contributed by atoms with Crippen molar-refractivity contribution in [2.45, 2.75) is 6.18 Å². The average molecular weight is 327 g/mol. The van der Waals surface area contributed by atoms with Crippen LogP contribution < -0.4 is 0 Å². The van der Waals surface area contributed by atoms with E-state index in [0.29, 0.717) is 22.4 Å². The highest BCUT2D eigenvalue weighted by Crippen LogP contribution is 2.31. The molecule has 5 heteroatoms. The predicted octanol–water partition coefficient (Wildman–Crippen LogP) is 5.00. The lowest BCUT2D eigenvalue weighted by Gasteiger charge is -2.08. The van der Waals surface area contributed by atoms with Crippen molar-refractivity contribution in [2.75, 3.05) is 0 Å². The van der Waals surface area contributed by atoms with E-state index in [-0.39, 0.29) is 5.78 Å². The molecule has 2 nitrogen and oxygen atoms in total. The maximum Gasteiger partial charge on any atom is 0.416 e. The van der Waals surface area contributed by atoms with Gasteiger partial charge in [0.25, 0.3) is 0 Å². The van der Waals surface area contributed by atoms with Crippen LogP contribution in [0, 0.1) is 0 Å². The Labute approximate surface area is 136 Å². The Hall–Kier alpha value is -2.95. The van der Waals surface area contributed by atoms with Crippen molar-refractivity contribution in [3.05, 3.63) is 89.6 Å². The lowest BCUT2D eigenvalue weighted by Crippen LogP contribution is -2.05. The van der Waals surface area contributed by atoms with Gasteiger partial charge in [0.05, 0.1) is 11.3 Å². The zero-order valence-electron chi connectivity index (χ0n) is 12.4. The first-order valence-corrected chi connectivity index (χ1v) is 7.18. The predicted molar refractivity (Wildman–Crippen MR) is 84.5 cm³/mol. The van der Waals surface area contributed by atoms with E-state index < -0.39 is 11.7 Å². The van der Waals surface area contributed by atoms with Gasteiger partial charge >= 0.3 is 6.18 Å². The van der Waals surface area contributed by atoms with Crippen LogP contribution in [0.2, 0.25) is 0 Å². The van der Waals surface area contributed by atoms with Crippen LogP contribution in [0.3, 0.4) is 0 Å². The van der Waals surface area contributed by atoms with Gasteiger partial charge in [0.15, 0.2) is 5.78 Å². The third-order valence-electron chi connectivity index (χ3n) is 3.55. The molecule has 3 aromatic rings. The maximum absolute atomic E-state index is 12.8. The van der Waals surface area contributed by atoms with E-state index in [0.717, 1.165) is 12.1 Å². The van der Waals surface area contributed by atoms with Crippen LogP contribution in [0.1, 0.15) is 21.5 Å². The number of hydrogen-bond donors (Lipinski definition) is 0. The summed E-state index contributed by atoms with van der Waals surface area (Å²) in [7, 11) is 0. The molecule has 0 atom stereocenters. The number of pyridine rings is 1. The van der Waals surface area contributed by atoms with Gasteiger partial charge in [0, 0.05) is 22.9 Å². The number of rotatable bonds is 3. The normalized spacial score (nSPS) is 11.3. The quantitative estimate of drug-likeness (QED) is 0.634. The first-order valence-electron chi connectivity index (χ1n) is 7.18. The molecule has 0 fully saturated rings. The fourth-order valence-electron chi connectivity index (χ4n) is 2.31. The molecular weight excluding hydrogens is 315 g/mol. The number of alkyl halides is 3. The zero-order chi connectivity index (χ0) is 17.2. The summed E-state index contributed by atoms with van der Waals surface area (Å²) in [6, 6.07) is 16.8. The summed E-state index contributed by atoms with van der Waals surface area (Å²) in [5, 5.41) is 0. The highest BCUT2D eigenvalue weighted by atomic mass is 19.4. The van der Waals surface area contributed by atoms with Crippen molar-refractivity contribution in [3.8, 4) is 11.3 Å². The molecule has 0 saturated carbocycles. The third kappa shape index (κ3) is 3.35. The number of nitrogens with zero attached hydrogens (tertiary/aromatic N) is 1. The molecule has 0 aliphatic carbocycles. The summed E-state index contributed by atoms with van der Waals surface area (Å²) in [6.45, 7) is 0. The topological polar surface area (TPSA) is 30.0 Å². The van der Waals surface area contributed by atoms with Crippen LogP contribution >= 0.6 is 0 Å². The van der Waals surface area contributed by atoms with Crippen molar-refractivity contribution in [1.29, 1.82) is 0 Å². The van der Waals surface area contributed by atoms with Gasteiger partial charge in [-0.15, -0.1) is 0 Å². The van der Waals surface area contributed by atoms with Crippen LogP contribution in [0.4, 0.5) is 13.2 Å². The minimum Gasteiger partial charge on any atom is -0.289 e. The highest BCUT2D eigenvalue weighted by Gasteiger charge is 2.30. The van der Waals surface area contributed by atoms with Crippen LogP contribution in [0.25, 0.3) is 11.3 Å². The summed E-state index contributed by atoms with van der Waals surface area (Å²) >= 11 is 0. The van der Waals surface area contributed by atoms with Crippen LogP contribution in [-0.2, 0) is 6.18 Å². The fraction of sp³-hybridized carbons (Fsp3) is 0.0526. The van der Waals surface area contributed by atoms with E-state index in [1.165, 1.54) is 12.3 Å². The molecule has 1 heterocycles. The molecule has 0 aliphatic rings. The Bertz CT molecular complexity index is 856. The molecule has 1 aromatic heterocycles. The third-order valence-corrected chi connectivity index (χ3v) is 3.55. The number of carbonyl (C=O) groups excluding carboxylic acids is 1. The van der Waals surface area contributed by atoms with E-state index in [1.807, 2.05) is 6.07 Å². The Morgan fingerprint density at radius 2 is 1.58 bits per heavy atom. The average Bonchev–Trinajstić information content (AvgIpc) is 2.61. The molecule has 0 aliphatic heterocycles. The van der Waals surface area contributed by atoms with Gasteiger partial charge in [-0.1, -0.05) is 42.5 Å². The number of halogens is 3. The van der Waals surface area contributed by atoms with Gasteiger partial charge in [-0.2, -0.15) is 13.2 Å². The molecular formula is C19H12F3NO. The van der Waals surface area contributed by atoms with Gasteiger partial charge < -0.3 is 0 Å². The smallest absolute Gasteiger partial charge is 0.289 e. The summed E-state index contributed by atoms with van der Waals surface area (Å²) in [5.41, 5.74) is 0.920. The van der Waals surface area contributed by atoms with Gasteiger partial charge in [-0.3, -0.25) is 9.78 Å². The van der Waals surface area contributed by atoms with Crippen LogP contribution in [0.5, 0.6) is 0 Å². The molecule has 120 valence electrons. The van der Waals surface area contributed by atoms with Crippen molar-refractivity contribution >= 4 is 5.78 Å². The largest absolute Gasteiger partial charge is 0.416 e. The molecule has 0 unspecified atom stereocenters. The Morgan fingerprint density at radius 3 is 2.21 bits per heavy atom. The molecule has 0 radical (unpaired) electrons.